The molecule has 1 aliphatic carbocycles. The van der Waals surface area contributed by atoms with Crippen LogP contribution in [0.15, 0.2) is 54.9 Å². The van der Waals surface area contributed by atoms with Gasteiger partial charge in [0.25, 0.3) is 5.91 Å². The van der Waals surface area contributed by atoms with Gasteiger partial charge in [0.2, 0.25) is 0 Å². The molecule has 1 amide bonds. The van der Waals surface area contributed by atoms with Crippen LogP contribution in [0.5, 0.6) is 0 Å². The second-order valence-electron chi connectivity index (χ2n) is 4.94. The van der Waals surface area contributed by atoms with Gasteiger partial charge in [0, 0.05) is 18.3 Å². The number of anilines is 1. The number of carbonyl (C=O) groups excluding carboxylic acids is 1. The number of aromatic nitrogens is 1. The molecule has 96 valence electrons. The lowest BCUT2D eigenvalue weighted by Crippen LogP contribution is -2.32. The molecule has 1 aliphatic rings. The second-order valence-corrected chi connectivity index (χ2v) is 4.94. The van der Waals surface area contributed by atoms with Gasteiger partial charge >= 0.3 is 0 Å². The highest BCUT2D eigenvalue weighted by Gasteiger charge is 2.28. The van der Waals surface area contributed by atoms with Crippen molar-refractivity contribution in [2.75, 3.05) is 11.4 Å². The number of hydrogen-bond acceptors (Lipinski definition) is 2. The van der Waals surface area contributed by atoms with Crippen molar-refractivity contribution in [1.82, 2.24) is 4.98 Å². The third-order valence-corrected chi connectivity index (χ3v) is 3.36. The summed E-state index contributed by atoms with van der Waals surface area (Å²) in [7, 11) is 0. The lowest BCUT2D eigenvalue weighted by molar-refractivity contribution is 0.0985. The van der Waals surface area contributed by atoms with E-state index in [0.29, 0.717) is 5.92 Å². The van der Waals surface area contributed by atoms with Crippen LogP contribution < -0.4 is 4.90 Å². The average molecular weight is 252 g/mol. The Morgan fingerprint density at radius 1 is 1.16 bits per heavy atom. The van der Waals surface area contributed by atoms with Gasteiger partial charge in [-0.25, -0.2) is 0 Å². The standard InChI is InChI=1S/C16H16N2O/c19-16(14-5-2-1-3-6-14)18(12-13-8-9-13)15-7-4-10-17-11-15/h1-7,10-11,13H,8-9,12H2. The van der Waals surface area contributed by atoms with Gasteiger partial charge < -0.3 is 4.90 Å². The number of hydrogen-bond donors (Lipinski definition) is 0. The Bertz CT molecular complexity index is 549. The third-order valence-electron chi connectivity index (χ3n) is 3.36. The fourth-order valence-corrected chi connectivity index (χ4v) is 2.11. The largest absolute Gasteiger partial charge is 0.307 e. The number of benzene rings is 1. The molecule has 0 unspecified atom stereocenters. The smallest absolute Gasteiger partial charge is 0.258 e. The summed E-state index contributed by atoms with van der Waals surface area (Å²) in [6.45, 7) is 0.791. The Morgan fingerprint density at radius 2 is 1.95 bits per heavy atom. The van der Waals surface area contributed by atoms with Crippen LogP contribution in [0.3, 0.4) is 0 Å². The number of rotatable bonds is 4. The van der Waals surface area contributed by atoms with Gasteiger partial charge in [-0.3, -0.25) is 9.78 Å². The highest BCUT2D eigenvalue weighted by Crippen LogP contribution is 2.31. The summed E-state index contributed by atoms with van der Waals surface area (Å²) in [5, 5.41) is 0. The van der Waals surface area contributed by atoms with E-state index in [2.05, 4.69) is 4.98 Å². The van der Waals surface area contributed by atoms with E-state index in [0.717, 1.165) is 17.8 Å². The first-order chi connectivity index (χ1) is 9.34. The minimum absolute atomic E-state index is 0.0560. The molecular weight excluding hydrogens is 236 g/mol. The van der Waals surface area contributed by atoms with Crippen molar-refractivity contribution < 1.29 is 4.79 Å². The summed E-state index contributed by atoms with van der Waals surface area (Å²) in [5.41, 5.74) is 1.61. The normalized spacial score (nSPS) is 14.1. The molecule has 0 saturated heterocycles. The predicted octanol–water partition coefficient (Wildman–Crippen LogP) is 3.14. The van der Waals surface area contributed by atoms with E-state index in [4.69, 9.17) is 0 Å². The lowest BCUT2D eigenvalue weighted by Gasteiger charge is -2.22. The fourth-order valence-electron chi connectivity index (χ4n) is 2.11. The van der Waals surface area contributed by atoms with E-state index >= 15 is 0 Å². The molecule has 0 spiro atoms. The van der Waals surface area contributed by atoms with Crippen LogP contribution in [0.1, 0.15) is 23.2 Å². The van der Waals surface area contributed by atoms with Crippen LogP contribution in [0.25, 0.3) is 0 Å². The minimum Gasteiger partial charge on any atom is -0.307 e. The number of nitrogens with zero attached hydrogens (tertiary/aromatic N) is 2. The minimum atomic E-state index is 0.0560. The molecule has 0 aliphatic heterocycles. The molecular formula is C16H16N2O. The van der Waals surface area contributed by atoms with Gasteiger partial charge in [0.15, 0.2) is 0 Å². The summed E-state index contributed by atoms with van der Waals surface area (Å²) in [4.78, 5) is 18.6. The Labute approximate surface area is 112 Å². The van der Waals surface area contributed by atoms with E-state index in [-0.39, 0.29) is 5.91 Å². The Morgan fingerprint density at radius 3 is 2.58 bits per heavy atom. The molecule has 1 heterocycles. The highest BCUT2D eigenvalue weighted by atomic mass is 16.2. The lowest BCUT2D eigenvalue weighted by atomic mass is 10.2. The molecule has 1 aromatic carbocycles. The zero-order chi connectivity index (χ0) is 13.1. The Kier molecular flexibility index (Phi) is 3.27. The molecule has 19 heavy (non-hydrogen) atoms. The van der Waals surface area contributed by atoms with Gasteiger partial charge in [-0.1, -0.05) is 18.2 Å². The fraction of sp³-hybridized carbons (Fsp3) is 0.250. The zero-order valence-electron chi connectivity index (χ0n) is 10.7. The monoisotopic (exact) mass is 252 g/mol. The molecule has 3 nitrogen and oxygen atoms in total. The molecule has 0 radical (unpaired) electrons. The molecule has 1 aromatic heterocycles. The number of carbonyl (C=O) groups is 1. The molecule has 0 bridgehead atoms. The molecule has 1 fully saturated rings. The Hall–Kier alpha value is -2.16. The maximum Gasteiger partial charge on any atom is 0.258 e. The van der Waals surface area contributed by atoms with Crippen molar-refractivity contribution in [3.05, 3.63) is 60.4 Å². The van der Waals surface area contributed by atoms with Gasteiger partial charge in [-0.05, 0) is 43.0 Å². The molecule has 3 heteroatoms. The van der Waals surface area contributed by atoms with Crippen LogP contribution >= 0.6 is 0 Å². The molecule has 1 saturated carbocycles. The average Bonchev–Trinajstić information content (AvgIpc) is 3.30. The van der Waals surface area contributed by atoms with E-state index in [1.54, 1.807) is 12.4 Å². The summed E-state index contributed by atoms with van der Waals surface area (Å²) in [6, 6.07) is 13.2. The summed E-state index contributed by atoms with van der Waals surface area (Å²) >= 11 is 0. The van der Waals surface area contributed by atoms with Crippen LogP contribution in [-0.4, -0.2) is 17.4 Å². The summed E-state index contributed by atoms with van der Waals surface area (Å²) in [6.07, 6.45) is 5.92. The van der Waals surface area contributed by atoms with E-state index < -0.39 is 0 Å². The van der Waals surface area contributed by atoms with E-state index in [1.165, 1.54) is 12.8 Å². The SMILES string of the molecule is O=C(c1ccccc1)N(CC1CC1)c1cccnc1. The summed E-state index contributed by atoms with van der Waals surface area (Å²) in [5.74, 6) is 0.702. The maximum atomic E-state index is 12.6. The number of pyridine rings is 1. The quantitative estimate of drug-likeness (QED) is 0.837. The van der Waals surface area contributed by atoms with Gasteiger partial charge in [0.05, 0.1) is 11.9 Å². The van der Waals surface area contributed by atoms with Crippen molar-refractivity contribution in [2.24, 2.45) is 5.92 Å². The van der Waals surface area contributed by atoms with Crippen molar-refractivity contribution in [3.8, 4) is 0 Å². The topological polar surface area (TPSA) is 33.2 Å². The van der Waals surface area contributed by atoms with Crippen LogP contribution in [0.2, 0.25) is 0 Å². The van der Waals surface area contributed by atoms with E-state index in [9.17, 15) is 4.79 Å². The van der Waals surface area contributed by atoms with Crippen molar-refractivity contribution >= 4 is 11.6 Å². The van der Waals surface area contributed by atoms with Gasteiger partial charge in [-0.15, -0.1) is 0 Å². The summed E-state index contributed by atoms with van der Waals surface area (Å²) < 4.78 is 0. The maximum absolute atomic E-state index is 12.6. The highest BCUT2D eigenvalue weighted by molar-refractivity contribution is 6.06. The van der Waals surface area contributed by atoms with Gasteiger partial charge in [0.1, 0.15) is 0 Å². The second kappa shape index (κ2) is 5.22. The first-order valence-corrected chi connectivity index (χ1v) is 6.61. The number of amides is 1. The van der Waals surface area contributed by atoms with Crippen LogP contribution in [0.4, 0.5) is 5.69 Å². The predicted molar refractivity (Wildman–Crippen MR) is 75.1 cm³/mol. The molecule has 2 aromatic rings. The molecule has 0 N–H and O–H groups in total. The molecule has 3 rings (SSSR count). The van der Waals surface area contributed by atoms with Crippen LogP contribution in [-0.2, 0) is 0 Å². The van der Waals surface area contributed by atoms with Crippen LogP contribution in [0, 0.1) is 5.92 Å². The van der Waals surface area contributed by atoms with Crippen molar-refractivity contribution in [3.63, 3.8) is 0 Å². The first kappa shape index (κ1) is 11.9. The van der Waals surface area contributed by atoms with Gasteiger partial charge in [-0.2, -0.15) is 0 Å². The molecule has 0 atom stereocenters. The van der Waals surface area contributed by atoms with E-state index in [1.807, 2.05) is 47.4 Å². The third kappa shape index (κ3) is 2.81. The zero-order valence-corrected chi connectivity index (χ0v) is 10.7. The van der Waals surface area contributed by atoms with Crippen molar-refractivity contribution in [2.45, 2.75) is 12.8 Å². The first-order valence-electron chi connectivity index (χ1n) is 6.61. The Balaban J connectivity index is 1.88. The van der Waals surface area contributed by atoms with Crippen molar-refractivity contribution in [1.29, 1.82) is 0 Å².